The molecule has 0 spiro atoms. The van der Waals surface area contributed by atoms with Crippen molar-refractivity contribution >= 4 is 5.91 Å². The maximum absolute atomic E-state index is 12.4. The Bertz CT molecular complexity index is 265. The monoisotopic (exact) mass is 225 g/mol. The Kier molecular flexibility index (Phi) is 3.50. The van der Waals surface area contributed by atoms with Crippen LogP contribution >= 0.6 is 0 Å². The smallest absolute Gasteiger partial charge is 0.241 e. The Morgan fingerprint density at radius 3 is 2.62 bits per heavy atom. The van der Waals surface area contributed by atoms with E-state index in [9.17, 15) is 4.79 Å². The lowest BCUT2D eigenvalue weighted by Crippen LogP contribution is -2.49. The minimum Gasteiger partial charge on any atom is -0.338 e. The topological polar surface area (TPSA) is 35.6 Å². The third kappa shape index (κ3) is 2.38. The second-order valence-corrected chi connectivity index (χ2v) is 5.34. The molecule has 2 rings (SSSR count). The Balaban J connectivity index is 2.12. The zero-order valence-electron chi connectivity index (χ0n) is 10.6. The quantitative estimate of drug-likeness (QED) is 0.742. The molecule has 1 aliphatic heterocycles. The van der Waals surface area contributed by atoms with Gasteiger partial charge in [0.25, 0.3) is 0 Å². The van der Waals surface area contributed by atoms with Crippen LogP contribution in [0.5, 0.6) is 0 Å². The summed E-state index contributed by atoms with van der Waals surface area (Å²) in [5, 5.41) is 3.13. The molecule has 16 heavy (non-hydrogen) atoms. The lowest BCUT2D eigenvalue weighted by Gasteiger charge is -2.27. The Morgan fingerprint density at radius 2 is 2.06 bits per heavy atom. The molecule has 2 aliphatic rings. The zero-order chi connectivity index (χ0) is 11.7. The summed E-state index contributed by atoms with van der Waals surface area (Å²) >= 11 is 0. The van der Waals surface area contributed by atoms with Crippen molar-refractivity contribution in [2.24, 2.45) is 5.92 Å². The fourth-order valence-electron chi connectivity index (χ4n) is 2.63. The van der Waals surface area contributed by atoms with Gasteiger partial charge in [0.2, 0.25) is 5.91 Å². The molecule has 0 aromatic rings. The highest BCUT2D eigenvalue weighted by Gasteiger charge is 2.39. The second kappa shape index (κ2) is 4.72. The summed E-state index contributed by atoms with van der Waals surface area (Å²) < 4.78 is 0. The van der Waals surface area contributed by atoms with Crippen molar-refractivity contribution < 1.29 is 4.79 Å². The van der Waals surface area contributed by atoms with Crippen molar-refractivity contribution in [1.82, 2.24) is 15.1 Å². The van der Waals surface area contributed by atoms with Crippen molar-refractivity contribution in [1.29, 1.82) is 0 Å². The first kappa shape index (κ1) is 11.9. The standard InChI is InChI=1S/C12H23N3O/c1-9-7-14(3)11(6-13-2)12(16)15(8-9)10-4-5-10/h9-11,13H,4-8H2,1-3H3. The van der Waals surface area contributed by atoms with Crippen LogP contribution in [-0.4, -0.2) is 61.5 Å². The van der Waals surface area contributed by atoms with E-state index in [2.05, 4.69) is 29.1 Å². The van der Waals surface area contributed by atoms with Crippen LogP contribution in [0.2, 0.25) is 0 Å². The van der Waals surface area contributed by atoms with E-state index in [0.717, 1.165) is 19.6 Å². The molecule has 2 unspecified atom stereocenters. The molecule has 1 amide bonds. The number of rotatable bonds is 3. The van der Waals surface area contributed by atoms with Gasteiger partial charge < -0.3 is 10.2 Å². The largest absolute Gasteiger partial charge is 0.338 e. The lowest BCUT2D eigenvalue weighted by molar-refractivity contribution is -0.135. The third-order valence-corrected chi connectivity index (χ3v) is 3.59. The fraction of sp³-hybridized carbons (Fsp3) is 0.917. The Morgan fingerprint density at radius 1 is 1.38 bits per heavy atom. The van der Waals surface area contributed by atoms with Crippen LogP contribution in [0.4, 0.5) is 0 Å². The van der Waals surface area contributed by atoms with E-state index in [4.69, 9.17) is 0 Å². The maximum atomic E-state index is 12.4. The van der Waals surface area contributed by atoms with Crippen LogP contribution in [0.15, 0.2) is 0 Å². The molecule has 0 aromatic heterocycles. The van der Waals surface area contributed by atoms with E-state index >= 15 is 0 Å². The fourth-order valence-corrected chi connectivity index (χ4v) is 2.63. The number of hydrogen-bond donors (Lipinski definition) is 1. The Labute approximate surface area is 98.0 Å². The van der Waals surface area contributed by atoms with Crippen LogP contribution < -0.4 is 5.32 Å². The van der Waals surface area contributed by atoms with E-state index in [1.807, 2.05) is 7.05 Å². The number of carbonyl (C=O) groups excluding carboxylic acids is 1. The lowest BCUT2D eigenvalue weighted by atomic mass is 10.1. The first-order chi connectivity index (χ1) is 7.63. The molecule has 1 heterocycles. The molecule has 1 N–H and O–H groups in total. The van der Waals surface area contributed by atoms with Gasteiger partial charge in [-0.2, -0.15) is 0 Å². The van der Waals surface area contributed by atoms with Gasteiger partial charge in [-0.15, -0.1) is 0 Å². The number of carbonyl (C=O) groups is 1. The number of likely N-dealkylation sites (N-methyl/N-ethyl adjacent to an activating group) is 2. The highest BCUT2D eigenvalue weighted by Crippen LogP contribution is 2.30. The molecule has 0 bridgehead atoms. The summed E-state index contributed by atoms with van der Waals surface area (Å²) in [5.74, 6) is 0.903. The molecule has 2 atom stereocenters. The molecule has 2 fully saturated rings. The minimum atomic E-state index is 0.0237. The molecule has 1 saturated heterocycles. The summed E-state index contributed by atoms with van der Waals surface area (Å²) in [4.78, 5) is 16.7. The van der Waals surface area contributed by atoms with E-state index in [1.165, 1.54) is 12.8 Å². The number of hydrogen-bond acceptors (Lipinski definition) is 3. The summed E-state index contributed by atoms with van der Waals surface area (Å²) in [6, 6.07) is 0.566. The van der Waals surface area contributed by atoms with Crippen LogP contribution in [0.3, 0.4) is 0 Å². The average molecular weight is 225 g/mol. The first-order valence-corrected chi connectivity index (χ1v) is 6.28. The highest BCUT2D eigenvalue weighted by molar-refractivity contribution is 5.83. The summed E-state index contributed by atoms with van der Waals surface area (Å²) in [5.41, 5.74) is 0. The number of nitrogens with one attached hydrogen (secondary N) is 1. The molecule has 92 valence electrons. The minimum absolute atomic E-state index is 0.0237. The SMILES string of the molecule is CNCC1C(=O)N(C2CC2)CC(C)CN1C. The molecule has 4 heteroatoms. The summed E-state index contributed by atoms with van der Waals surface area (Å²) in [6.45, 7) is 4.95. The van der Waals surface area contributed by atoms with E-state index in [-0.39, 0.29) is 6.04 Å². The van der Waals surface area contributed by atoms with Crippen LogP contribution in [0.25, 0.3) is 0 Å². The van der Waals surface area contributed by atoms with Crippen molar-refractivity contribution in [2.75, 3.05) is 33.7 Å². The zero-order valence-corrected chi connectivity index (χ0v) is 10.6. The third-order valence-electron chi connectivity index (χ3n) is 3.59. The van der Waals surface area contributed by atoms with Crippen LogP contribution in [0.1, 0.15) is 19.8 Å². The summed E-state index contributed by atoms with van der Waals surface area (Å²) in [7, 11) is 3.98. The highest BCUT2D eigenvalue weighted by atomic mass is 16.2. The van der Waals surface area contributed by atoms with Gasteiger partial charge in [0.1, 0.15) is 6.04 Å². The maximum Gasteiger partial charge on any atom is 0.241 e. The van der Waals surface area contributed by atoms with Crippen molar-refractivity contribution in [2.45, 2.75) is 31.8 Å². The van der Waals surface area contributed by atoms with Gasteiger partial charge in [0.15, 0.2) is 0 Å². The van der Waals surface area contributed by atoms with Gasteiger partial charge in [-0.3, -0.25) is 9.69 Å². The van der Waals surface area contributed by atoms with E-state index < -0.39 is 0 Å². The van der Waals surface area contributed by atoms with Gasteiger partial charge >= 0.3 is 0 Å². The van der Waals surface area contributed by atoms with Crippen LogP contribution in [-0.2, 0) is 4.79 Å². The predicted octanol–water partition coefficient (Wildman–Crippen LogP) is 0.147. The molecule has 0 radical (unpaired) electrons. The van der Waals surface area contributed by atoms with E-state index in [0.29, 0.717) is 17.9 Å². The molecular formula is C12H23N3O. The first-order valence-electron chi connectivity index (χ1n) is 6.28. The van der Waals surface area contributed by atoms with Crippen molar-refractivity contribution in [3.8, 4) is 0 Å². The predicted molar refractivity (Wildman–Crippen MR) is 64.2 cm³/mol. The molecule has 1 saturated carbocycles. The normalized spacial score (nSPS) is 32.9. The molecular weight excluding hydrogens is 202 g/mol. The van der Waals surface area contributed by atoms with Crippen LogP contribution in [0, 0.1) is 5.92 Å². The van der Waals surface area contributed by atoms with E-state index in [1.54, 1.807) is 0 Å². The van der Waals surface area contributed by atoms with Gasteiger partial charge in [0, 0.05) is 25.7 Å². The molecule has 1 aliphatic carbocycles. The number of nitrogens with zero attached hydrogens (tertiary/aromatic N) is 2. The molecule has 4 nitrogen and oxygen atoms in total. The van der Waals surface area contributed by atoms with Gasteiger partial charge in [0.05, 0.1) is 0 Å². The average Bonchev–Trinajstić information content (AvgIpc) is 3.04. The van der Waals surface area contributed by atoms with Crippen molar-refractivity contribution in [3.63, 3.8) is 0 Å². The summed E-state index contributed by atoms with van der Waals surface area (Å²) in [6.07, 6.45) is 2.41. The molecule has 0 aromatic carbocycles. The van der Waals surface area contributed by atoms with Gasteiger partial charge in [-0.25, -0.2) is 0 Å². The van der Waals surface area contributed by atoms with Gasteiger partial charge in [-0.05, 0) is 32.9 Å². The Hall–Kier alpha value is -0.610. The second-order valence-electron chi connectivity index (χ2n) is 5.34. The number of amides is 1. The van der Waals surface area contributed by atoms with Gasteiger partial charge in [-0.1, -0.05) is 6.92 Å². The van der Waals surface area contributed by atoms with Crippen molar-refractivity contribution in [3.05, 3.63) is 0 Å².